The SMILES string of the molecule is C[C@@H]1CN(c2cc(F)c(C3=CCN(c4ncc(CN5CCN(C)CC5)cn4)CC3)cc2NC(=O)C2CNC(=O)CC2C(F)(F)F)C[C@H](C)N1C. The van der Waals surface area contributed by atoms with Crippen molar-refractivity contribution in [3.8, 4) is 0 Å². The fourth-order valence-electron chi connectivity index (χ4n) is 7.35. The minimum Gasteiger partial charge on any atom is -0.367 e. The molecular formula is C35H47F4N9O2. The first kappa shape index (κ1) is 36.0. The van der Waals surface area contributed by atoms with E-state index in [1.165, 1.54) is 6.07 Å². The average molecular weight is 702 g/mol. The minimum atomic E-state index is -4.73. The second-order valence-corrected chi connectivity index (χ2v) is 14.3. The molecule has 3 saturated heterocycles. The number of aromatic nitrogens is 2. The molecule has 1 aromatic heterocycles. The molecular weight excluding hydrogens is 654 g/mol. The quantitative estimate of drug-likeness (QED) is 0.421. The number of halogens is 4. The second kappa shape index (κ2) is 14.8. The van der Waals surface area contributed by atoms with Gasteiger partial charge < -0.3 is 25.3 Å². The molecule has 0 radical (unpaired) electrons. The van der Waals surface area contributed by atoms with E-state index in [4.69, 9.17) is 0 Å². The van der Waals surface area contributed by atoms with Crippen LogP contribution in [0, 0.1) is 17.7 Å². The number of anilines is 3. The Morgan fingerprint density at radius 1 is 1.00 bits per heavy atom. The Balaban J connectivity index is 1.22. The van der Waals surface area contributed by atoms with Gasteiger partial charge in [-0.3, -0.25) is 19.4 Å². The normalized spacial score (nSPS) is 26.1. The van der Waals surface area contributed by atoms with Crippen molar-refractivity contribution >= 4 is 34.7 Å². The standard InChI is InChI=1S/C35H47F4N9O2/c1-22-19-48(20-23(2)45(22)4)31-15-29(36)26(13-30(31)43-33(50)27-18-40-32(49)14-28(27)35(37,38)39)25-5-7-47(8-6-25)34-41-16-24(17-42-34)21-46-11-9-44(3)10-12-46/h5,13,15-17,22-23,27-28H,6-12,14,18-21H2,1-4H3,(H,40,49)(H,43,50)/t22-,23+,27?,28?. The highest BCUT2D eigenvalue weighted by Crippen LogP contribution is 2.39. The monoisotopic (exact) mass is 701 g/mol. The molecule has 2 aromatic rings. The van der Waals surface area contributed by atoms with Crippen LogP contribution in [0.25, 0.3) is 5.57 Å². The number of amides is 2. The van der Waals surface area contributed by atoms with Gasteiger partial charge in [-0.1, -0.05) is 6.08 Å². The van der Waals surface area contributed by atoms with Crippen LogP contribution in [0.4, 0.5) is 34.9 Å². The Kier molecular flexibility index (Phi) is 10.7. The Hall–Kier alpha value is -3.82. The number of hydrogen-bond donors (Lipinski definition) is 2. The van der Waals surface area contributed by atoms with E-state index in [-0.39, 0.29) is 23.3 Å². The fourth-order valence-corrected chi connectivity index (χ4v) is 7.35. The first-order chi connectivity index (χ1) is 23.8. The summed E-state index contributed by atoms with van der Waals surface area (Å²) in [5, 5.41) is 5.14. The number of alkyl halides is 3. The lowest BCUT2D eigenvalue weighted by atomic mass is 9.84. The molecule has 2 amide bonds. The molecule has 2 unspecified atom stereocenters. The second-order valence-electron chi connectivity index (χ2n) is 14.3. The smallest absolute Gasteiger partial charge is 0.367 e. The van der Waals surface area contributed by atoms with E-state index in [9.17, 15) is 22.8 Å². The predicted molar refractivity (Wildman–Crippen MR) is 184 cm³/mol. The molecule has 272 valence electrons. The highest BCUT2D eigenvalue weighted by molar-refractivity contribution is 5.98. The third-order valence-electron chi connectivity index (χ3n) is 10.7. The summed E-state index contributed by atoms with van der Waals surface area (Å²) in [5.74, 6) is -5.12. The van der Waals surface area contributed by atoms with E-state index in [2.05, 4.69) is 42.3 Å². The number of hydrogen-bond acceptors (Lipinski definition) is 9. The zero-order valence-corrected chi connectivity index (χ0v) is 29.1. The van der Waals surface area contributed by atoms with E-state index in [0.29, 0.717) is 44.2 Å². The van der Waals surface area contributed by atoms with E-state index in [1.807, 2.05) is 49.2 Å². The van der Waals surface area contributed by atoms with Crippen molar-refractivity contribution in [2.24, 2.45) is 11.8 Å². The number of piperidine rings is 1. The van der Waals surface area contributed by atoms with Crippen molar-refractivity contribution in [3.63, 3.8) is 0 Å². The van der Waals surface area contributed by atoms with Crippen molar-refractivity contribution in [2.75, 3.05) is 88.1 Å². The number of nitrogens with zero attached hydrogens (tertiary/aromatic N) is 7. The molecule has 1 aromatic carbocycles. The van der Waals surface area contributed by atoms with Crippen LogP contribution in [0.5, 0.6) is 0 Å². The summed E-state index contributed by atoms with van der Waals surface area (Å²) in [7, 11) is 4.14. The number of benzene rings is 1. The first-order valence-electron chi connectivity index (χ1n) is 17.4. The van der Waals surface area contributed by atoms with Crippen LogP contribution in [-0.4, -0.2) is 128 Å². The Labute approximate surface area is 290 Å². The number of piperazine rings is 2. The lowest BCUT2D eigenvalue weighted by Gasteiger charge is -2.44. The molecule has 4 aliphatic rings. The van der Waals surface area contributed by atoms with Crippen LogP contribution in [0.15, 0.2) is 30.6 Å². The Bertz CT molecular complexity index is 1570. The van der Waals surface area contributed by atoms with Gasteiger partial charge >= 0.3 is 6.18 Å². The molecule has 4 aliphatic heterocycles. The third-order valence-corrected chi connectivity index (χ3v) is 10.7. The molecule has 0 spiro atoms. The van der Waals surface area contributed by atoms with Crippen LogP contribution in [0.2, 0.25) is 0 Å². The van der Waals surface area contributed by atoms with Crippen LogP contribution >= 0.6 is 0 Å². The molecule has 4 atom stereocenters. The van der Waals surface area contributed by atoms with Gasteiger partial charge in [-0.15, -0.1) is 0 Å². The molecule has 5 heterocycles. The Morgan fingerprint density at radius 2 is 1.68 bits per heavy atom. The topological polar surface area (TPSA) is 100 Å². The summed E-state index contributed by atoms with van der Waals surface area (Å²) in [4.78, 5) is 45.5. The number of rotatable bonds is 7. The maximum Gasteiger partial charge on any atom is 0.393 e. The lowest BCUT2D eigenvalue weighted by molar-refractivity contribution is -0.197. The molecule has 2 N–H and O–H groups in total. The maximum absolute atomic E-state index is 16.0. The van der Waals surface area contributed by atoms with Gasteiger partial charge in [0.05, 0.1) is 23.2 Å². The summed E-state index contributed by atoms with van der Waals surface area (Å²) >= 11 is 0. The van der Waals surface area contributed by atoms with E-state index < -0.39 is 48.6 Å². The van der Waals surface area contributed by atoms with Crippen LogP contribution in [-0.2, 0) is 16.1 Å². The largest absolute Gasteiger partial charge is 0.393 e. The van der Waals surface area contributed by atoms with E-state index in [1.54, 1.807) is 6.07 Å². The minimum absolute atomic E-state index is 0.114. The van der Waals surface area contributed by atoms with Gasteiger partial charge in [0.25, 0.3) is 0 Å². The highest BCUT2D eigenvalue weighted by Gasteiger charge is 2.50. The summed E-state index contributed by atoms with van der Waals surface area (Å²) in [6.45, 7) is 10.6. The average Bonchev–Trinajstić information content (AvgIpc) is 3.08. The Morgan fingerprint density at radius 3 is 2.30 bits per heavy atom. The zero-order chi connectivity index (χ0) is 35.7. The van der Waals surface area contributed by atoms with Gasteiger partial charge in [-0.2, -0.15) is 13.2 Å². The van der Waals surface area contributed by atoms with Gasteiger partial charge in [0, 0.05) is 107 Å². The zero-order valence-electron chi connectivity index (χ0n) is 29.1. The van der Waals surface area contributed by atoms with E-state index >= 15 is 4.39 Å². The van der Waals surface area contributed by atoms with Crippen molar-refractivity contribution in [2.45, 2.75) is 51.5 Å². The van der Waals surface area contributed by atoms with Crippen molar-refractivity contribution < 1.29 is 27.2 Å². The number of carbonyl (C=O) groups excluding carboxylic acids is 2. The molecule has 50 heavy (non-hydrogen) atoms. The summed E-state index contributed by atoms with van der Waals surface area (Å²) in [6.07, 6.45) is 0.548. The molecule has 11 nitrogen and oxygen atoms in total. The van der Waals surface area contributed by atoms with Crippen LogP contribution < -0.4 is 20.4 Å². The lowest BCUT2D eigenvalue weighted by Crippen LogP contribution is -2.55. The molecule has 3 fully saturated rings. The number of likely N-dealkylation sites (N-methyl/N-ethyl adjacent to an activating group) is 2. The molecule has 15 heteroatoms. The van der Waals surface area contributed by atoms with Gasteiger partial charge in [0.15, 0.2) is 0 Å². The molecule has 0 bridgehead atoms. The van der Waals surface area contributed by atoms with Crippen LogP contribution in [0.1, 0.15) is 37.8 Å². The number of carbonyl (C=O) groups is 2. The van der Waals surface area contributed by atoms with E-state index in [0.717, 1.165) is 43.9 Å². The maximum atomic E-state index is 16.0. The van der Waals surface area contributed by atoms with Gasteiger partial charge in [-0.25, -0.2) is 14.4 Å². The third kappa shape index (κ3) is 8.05. The summed E-state index contributed by atoms with van der Waals surface area (Å²) < 4.78 is 57.9. The van der Waals surface area contributed by atoms with Crippen molar-refractivity contribution in [3.05, 3.63) is 47.5 Å². The fraction of sp³-hybridized carbons (Fsp3) is 0.600. The van der Waals surface area contributed by atoms with Gasteiger partial charge in [0.1, 0.15) is 5.82 Å². The molecule has 6 rings (SSSR count). The van der Waals surface area contributed by atoms with Crippen LogP contribution in [0.3, 0.4) is 0 Å². The summed E-state index contributed by atoms with van der Waals surface area (Å²) in [6, 6.07) is 3.16. The predicted octanol–water partition coefficient (Wildman–Crippen LogP) is 3.44. The molecule has 0 aliphatic carbocycles. The number of nitrogens with one attached hydrogen (secondary N) is 2. The van der Waals surface area contributed by atoms with Crippen molar-refractivity contribution in [1.29, 1.82) is 0 Å². The first-order valence-corrected chi connectivity index (χ1v) is 17.4. The van der Waals surface area contributed by atoms with Gasteiger partial charge in [0.2, 0.25) is 17.8 Å². The van der Waals surface area contributed by atoms with Crippen molar-refractivity contribution in [1.82, 2.24) is 30.0 Å². The van der Waals surface area contributed by atoms with Gasteiger partial charge in [-0.05, 0) is 52.1 Å². The molecule has 0 saturated carbocycles. The highest BCUT2D eigenvalue weighted by atomic mass is 19.4. The summed E-state index contributed by atoms with van der Waals surface area (Å²) in [5.41, 5.74) is 2.72.